The van der Waals surface area contributed by atoms with E-state index in [1.165, 1.54) is 31.4 Å². The Balaban J connectivity index is 1.60. The molecule has 33 heavy (non-hydrogen) atoms. The molecule has 10 heteroatoms. The third kappa shape index (κ3) is 5.32. The number of rotatable bonds is 7. The Labute approximate surface area is 197 Å². The molecule has 6 nitrogen and oxygen atoms in total. The van der Waals surface area contributed by atoms with Crippen molar-refractivity contribution in [2.45, 2.75) is 5.16 Å². The van der Waals surface area contributed by atoms with Crippen LogP contribution in [0.5, 0.6) is 5.75 Å². The maximum Gasteiger partial charge on any atom is 0.234 e. The lowest BCUT2D eigenvalue weighted by atomic mass is 10.2. The minimum Gasteiger partial charge on any atom is -0.495 e. The SMILES string of the molecule is COc1ccc(Cl)cc1NC(=O)CSc1nnc(-c2ccc(F)cc2)n1-c1ccc(F)cc1. The number of carbonyl (C=O) groups excluding carboxylic acids is 1. The number of hydrogen-bond acceptors (Lipinski definition) is 5. The van der Waals surface area contributed by atoms with Crippen LogP contribution in [0.15, 0.2) is 71.9 Å². The highest BCUT2D eigenvalue weighted by Gasteiger charge is 2.18. The molecule has 1 heterocycles. The van der Waals surface area contributed by atoms with Crippen LogP contribution in [0.1, 0.15) is 0 Å². The van der Waals surface area contributed by atoms with Crippen LogP contribution in [-0.2, 0) is 4.79 Å². The van der Waals surface area contributed by atoms with Gasteiger partial charge in [-0.05, 0) is 66.7 Å². The Bertz CT molecular complexity index is 1280. The van der Waals surface area contributed by atoms with Gasteiger partial charge in [-0.2, -0.15) is 0 Å². The van der Waals surface area contributed by atoms with Gasteiger partial charge in [-0.25, -0.2) is 8.78 Å². The molecule has 0 saturated carbocycles. The van der Waals surface area contributed by atoms with Gasteiger partial charge in [-0.15, -0.1) is 10.2 Å². The molecule has 3 aromatic carbocycles. The molecular formula is C23H17ClF2N4O2S. The molecule has 4 rings (SSSR count). The van der Waals surface area contributed by atoms with Crippen LogP contribution in [0.3, 0.4) is 0 Å². The van der Waals surface area contributed by atoms with Crippen molar-refractivity contribution >= 4 is 35.0 Å². The number of nitrogens with zero attached hydrogens (tertiary/aromatic N) is 3. The van der Waals surface area contributed by atoms with Gasteiger partial charge in [0.1, 0.15) is 17.4 Å². The van der Waals surface area contributed by atoms with E-state index in [0.29, 0.717) is 38.7 Å². The summed E-state index contributed by atoms with van der Waals surface area (Å²) < 4.78 is 33.8. The van der Waals surface area contributed by atoms with Crippen LogP contribution in [0.4, 0.5) is 14.5 Å². The topological polar surface area (TPSA) is 69.0 Å². The van der Waals surface area contributed by atoms with Crippen LogP contribution in [-0.4, -0.2) is 33.5 Å². The lowest BCUT2D eigenvalue weighted by molar-refractivity contribution is -0.113. The molecule has 0 aliphatic heterocycles. The molecule has 0 spiro atoms. The van der Waals surface area contributed by atoms with Crippen molar-refractivity contribution < 1.29 is 18.3 Å². The van der Waals surface area contributed by atoms with E-state index in [4.69, 9.17) is 16.3 Å². The summed E-state index contributed by atoms with van der Waals surface area (Å²) in [6.07, 6.45) is 0. The van der Waals surface area contributed by atoms with Crippen molar-refractivity contribution in [2.75, 3.05) is 18.2 Å². The number of amides is 1. The first-order valence-electron chi connectivity index (χ1n) is 9.68. The Hall–Kier alpha value is -3.43. The van der Waals surface area contributed by atoms with Gasteiger partial charge < -0.3 is 10.1 Å². The molecule has 1 N–H and O–H groups in total. The molecular weight excluding hydrogens is 470 g/mol. The Kier molecular flexibility index (Phi) is 6.90. The van der Waals surface area contributed by atoms with Gasteiger partial charge in [0.25, 0.3) is 0 Å². The number of hydrogen-bond donors (Lipinski definition) is 1. The van der Waals surface area contributed by atoms with Gasteiger partial charge in [-0.1, -0.05) is 23.4 Å². The first-order valence-corrected chi connectivity index (χ1v) is 11.0. The number of halogens is 3. The highest BCUT2D eigenvalue weighted by atomic mass is 35.5. The first-order chi connectivity index (χ1) is 15.9. The quantitative estimate of drug-likeness (QED) is 0.344. The van der Waals surface area contributed by atoms with Crippen LogP contribution in [0.25, 0.3) is 17.1 Å². The van der Waals surface area contributed by atoms with E-state index in [1.807, 2.05) is 0 Å². The number of ether oxygens (including phenoxy) is 1. The van der Waals surface area contributed by atoms with E-state index in [2.05, 4.69) is 15.5 Å². The summed E-state index contributed by atoms with van der Waals surface area (Å²) in [6.45, 7) is 0. The number of carbonyl (C=O) groups is 1. The number of methoxy groups -OCH3 is 1. The number of nitrogens with one attached hydrogen (secondary N) is 1. The lowest BCUT2D eigenvalue weighted by Gasteiger charge is -2.12. The lowest BCUT2D eigenvalue weighted by Crippen LogP contribution is -2.15. The molecule has 0 atom stereocenters. The highest BCUT2D eigenvalue weighted by molar-refractivity contribution is 7.99. The summed E-state index contributed by atoms with van der Waals surface area (Å²) in [5.74, 6) is -0.156. The fourth-order valence-corrected chi connectivity index (χ4v) is 3.99. The summed E-state index contributed by atoms with van der Waals surface area (Å²) >= 11 is 7.16. The fraction of sp³-hybridized carbons (Fsp3) is 0.0870. The van der Waals surface area contributed by atoms with E-state index in [0.717, 1.165) is 11.8 Å². The summed E-state index contributed by atoms with van der Waals surface area (Å²) in [6, 6.07) is 16.5. The predicted molar refractivity (Wildman–Crippen MR) is 124 cm³/mol. The minimum absolute atomic E-state index is 0.0123. The molecule has 0 aliphatic carbocycles. The molecule has 0 saturated heterocycles. The maximum atomic E-state index is 13.5. The van der Waals surface area contributed by atoms with Gasteiger partial charge in [-0.3, -0.25) is 9.36 Å². The van der Waals surface area contributed by atoms with Crippen molar-refractivity contribution in [3.8, 4) is 22.8 Å². The molecule has 168 valence electrons. The second-order valence-electron chi connectivity index (χ2n) is 6.81. The average molecular weight is 487 g/mol. The zero-order chi connectivity index (χ0) is 23.4. The second kappa shape index (κ2) is 10.0. The zero-order valence-electron chi connectivity index (χ0n) is 17.3. The van der Waals surface area contributed by atoms with Crippen molar-refractivity contribution in [1.29, 1.82) is 0 Å². The highest BCUT2D eigenvalue weighted by Crippen LogP contribution is 2.30. The van der Waals surface area contributed by atoms with Gasteiger partial charge in [0.05, 0.1) is 18.6 Å². The molecule has 1 amide bonds. The van der Waals surface area contributed by atoms with E-state index < -0.39 is 0 Å². The molecule has 0 unspecified atom stereocenters. The van der Waals surface area contributed by atoms with Crippen LogP contribution >= 0.6 is 23.4 Å². The molecule has 0 bridgehead atoms. The fourth-order valence-electron chi connectivity index (χ4n) is 3.07. The molecule has 1 aromatic heterocycles. The smallest absolute Gasteiger partial charge is 0.234 e. The van der Waals surface area contributed by atoms with E-state index in [-0.39, 0.29) is 23.3 Å². The van der Waals surface area contributed by atoms with Gasteiger partial charge in [0, 0.05) is 16.3 Å². The molecule has 4 aromatic rings. The van der Waals surface area contributed by atoms with Gasteiger partial charge in [0.2, 0.25) is 5.91 Å². The summed E-state index contributed by atoms with van der Waals surface area (Å²) in [5, 5.41) is 12.1. The minimum atomic E-state index is -0.390. The largest absolute Gasteiger partial charge is 0.495 e. The summed E-state index contributed by atoms with van der Waals surface area (Å²) in [7, 11) is 1.50. The number of benzene rings is 3. The number of anilines is 1. The van der Waals surface area contributed by atoms with Crippen LogP contribution in [0.2, 0.25) is 5.02 Å². The standard InChI is InChI=1S/C23H17ClF2N4O2S/c1-32-20-11-4-15(24)12-19(20)27-21(31)13-33-23-29-28-22(14-2-5-16(25)6-3-14)30(23)18-9-7-17(26)8-10-18/h2-12H,13H2,1H3,(H,27,31). The predicted octanol–water partition coefficient (Wildman–Crippen LogP) is 5.61. The summed E-state index contributed by atoms with van der Waals surface area (Å²) in [5.41, 5.74) is 1.66. The normalized spacial score (nSPS) is 10.8. The Morgan fingerprint density at radius 1 is 1.03 bits per heavy atom. The van der Waals surface area contributed by atoms with Crippen molar-refractivity contribution in [1.82, 2.24) is 14.8 Å². The third-order valence-electron chi connectivity index (χ3n) is 4.59. The number of aromatic nitrogens is 3. The molecule has 0 fully saturated rings. The van der Waals surface area contributed by atoms with E-state index in [9.17, 15) is 13.6 Å². The number of thioether (sulfide) groups is 1. The van der Waals surface area contributed by atoms with Crippen LogP contribution in [0, 0.1) is 11.6 Å². The van der Waals surface area contributed by atoms with Crippen LogP contribution < -0.4 is 10.1 Å². The Morgan fingerprint density at radius 3 is 2.36 bits per heavy atom. The maximum absolute atomic E-state index is 13.5. The monoisotopic (exact) mass is 486 g/mol. The zero-order valence-corrected chi connectivity index (χ0v) is 18.8. The van der Waals surface area contributed by atoms with Gasteiger partial charge >= 0.3 is 0 Å². The van der Waals surface area contributed by atoms with Crippen molar-refractivity contribution in [3.05, 3.63) is 83.4 Å². The third-order valence-corrected chi connectivity index (χ3v) is 5.75. The second-order valence-corrected chi connectivity index (χ2v) is 8.19. The van der Waals surface area contributed by atoms with Gasteiger partial charge in [0.15, 0.2) is 11.0 Å². The Morgan fingerprint density at radius 2 is 1.70 bits per heavy atom. The average Bonchev–Trinajstić information content (AvgIpc) is 3.23. The van der Waals surface area contributed by atoms with E-state index >= 15 is 0 Å². The van der Waals surface area contributed by atoms with Crippen molar-refractivity contribution in [3.63, 3.8) is 0 Å². The molecule has 0 aliphatic rings. The first kappa shape index (κ1) is 22.8. The molecule has 0 radical (unpaired) electrons. The van der Waals surface area contributed by atoms with E-state index in [1.54, 1.807) is 47.0 Å². The summed E-state index contributed by atoms with van der Waals surface area (Å²) in [4.78, 5) is 12.6. The van der Waals surface area contributed by atoms with Crippen molar-refractivity contribution in [2.24, 2.45) is 0 Å².